The molecule has 8 heteroatoms. The van der Waals surface area contributed by atoms with E-state index in [0.717, 1.165) is 89.9 Å². The maximum atomic E-state index is 12.7. The molecule has 0 heterocycles. The van der Waals surface area contributed by atoms with Crippen molar-refractivity contribution in [2.75, 3.05) is 41.0 Å². The van der Waals surface area contributed by atoms with Gasteiger partial charge in [0, 0.05) is 19.3 Å². The Hall–Kier alpha value is -4.01. The van der Waals surface area contributed by atoms with Crippen LogP contribution in [0.2, 0.25) is 0 Å². The smallest absolute Gasteiger partial charge is 0.362 e. The summed E-state index contributed by atoms with van der Waals surface area (Å²) in [6, 6.07) is -0.633. The largest absolute Gasteiger partial charge is 0.477 e. The molecule has 0 aliphatic heterocycles. The Morgan fingerprint density at radius 2 is 1.02 bits per heavy atom. The van der Waals surface area contributed by atoms with Gasteiger partial charge in [-0.15, -0.1) is 0 Å². The highest BCUT2D eigenvalue weighted by Crippen LogP contribution is 2.12. The number of carboxylic acids is 1. The monoisotopic (exact) mass is 793 g/mol. The molecule has 57 heavy (non-hydrogen) atoms. The van der Waals surface area contributed by atoms with Crippen LogP contribution < -0.4 is 0 Å². The van der Waals surface area contributed by atoms with Gasteiger partial charge in [0.1, 0.15) is 6.61 Å². The van der Waals surface area contributed by atoms with E-state index >= 15 is 0 Å². The average molecular weight is 793 g/mol. The predicted molar refractivity (Wildman–Crippen MR) is 238 cm³/mol. The Morgan fingerprint density at radius 1 is 0.544 bits per heavy atom. The number of carbonyl (C=O) groups is 3. The Kier molecular flexibility index (Phi) is 36.1. The fraction of sp³-hybridized carbons (Fsp3) is 0.571. The van der Waals surface area contributed by atoms with Gasteiger partial charge in [0.25, 0.3) is 0 Å². The zero-order chi connectivity index (χ0) is 42.1. The van der Waals surface area contributed by atoms with Crippen LogP contribution in [-0.2, 0) is 28.6 Å². The number of hydrogen-bond donors (Lipinski definition) is 1. The van der Waals surface area contributed by atoms with Crippen LogP contribution in [0.25, 0.3) is 0 Å². The molecule has 320 valence electrons. The van der Waals surface area contributed by atoms with Crippen LogP contribution in [0.3, 0.4) is 0 Å². The molecule has 0 saturated heterocycles. The SMILES string of the molecule is CC/C=C/C=C/C=C/C=C/CCCCCC(=O)OC(COCCC(C(=O)O)[N+](C)(C)C)COC(=O)CCCCCC/C=C/C/C=C/C/C=C/C/C=C/C/C=C/CC. The lowest BCUT2D eigenvalue weighted by Gasteiger charge is -2.31. The Labute approximate surface area is 347 Å². The van der Waals surface area contributed by atoms with Crippen molar-refractivity contribution in [3.63, 3.8) is 0 Å². The van der Waals surface area contributed by atoms with Crippen molar-refractivity contribution in [3.05, 3.63) is 109 Å². The van der Waals surface area contributed by atoms with Crippen molar-refractivity contribution < 1.29 is 38.2 Å². The third-order valence-corrected chi connectivity index (χ3v) is 8.76. The van der Waals surface area contributed by atoms with Gasteiger partial charge in [0.05, 0.1) is 34.4 Å². The minimum Gasteiger partial charge on any atom is -0.477 e. The summed E-state index contributed by atoms with van der Waals surface area (Å²) in [5.74, 6) is -1.57. The average Bonchev–Trinajstić information content (AvgIpc) is 3.17. The van der Waals surface area contributed by atoms with Gasteiger partial charge < -0.3 is 23.8 Å². The first-order chi connectivity index (χ1) is 27.6. The van der Waals surface area contributed by atoms with E-state index in [2.05, 4.69) is 86.8 Å². The van der Waals surface area contributed by atoms with Crippen molar-refractivity contribution >= 4 is 17.9 Å². The fourth-order valence-electron chi connectivity index (χ4n) is 5.48. The number of carbonyl (C=O) groups excluding carboxylic acids is 2. The number of hydrogen-bond acceptors (Lipinski definition) is 6. The van der Waals surface area contributed by atoms with E-state index in [-0.39, 0.29) is 42.7 Å². The highest BCUT2D eigenvalue weighted by molar-refractivity contribution is 5.72. The molecule has 2 atom stereocenters. The van der Waals surface area contributed by atoms with E-state index in [1.807, 2.05) is 57.6 Å². The third kappa shape index (κ3) is 37.3. The van der Waals surface area contributed by atoms with Gasteiger partial charge in [0.15, 0.2) is 12.1 Å². The molecule has 2 unspecified atom stereocenters. The summed E-state index contributed by atoms with van der Waals surface area (Å²) < 4.78 is 17.2. The molecule has 0 fully saturated rings. The van der Waals surface area contributed by atoms with E-state index in [9.17, 15) is 19.5 Å². The highest BCUT2D eigenvalue weighted by atomic mass is 16.6. The van der Waals surface area contributed by atoms with Gasteiger partial charge in [-0.1, -0.05) is 142 Å². The van der Waals surface area contributed by atoms with Gasteiger partial charge in [-0.3, -0.25) is 9.59 Å². The van der Waals surface area contributed by atoms with E-state index < -0.39 is 18.1 Å². The molecular formula is C49H78NO7+. The normalized spacial score (nSPS) is 14.1. The van der Waals surface area contributed by atoms with Crippen LogP contribution in [0.1, 0.15) is 129 Å². The molecule has 1 N–H and O–H groups in total. The molecule has 0 rings (SSSR count). The number of allylic oxidation sites excluding steroid dienone is 18. The number of carboxylic acid groups (broad SMARTS) is 1. The maximum Gasteiger partial charge on any atom is 0.362 e. The molecule has 0 aromatic heterocycles. The maximum absolute atomic E-state index is 12.7. The molecule has 0 aliphatic carbocycles. The molecule has 8 nitrogen and oxygen atoms in total. The second-order valence-electron chi connectivity index (χ2n) is 14.9. The number of aliphatic carboxylic acids is 1. The summed E-state index contributed by atoms with van der Waals surface area (Å²) in [5, 5.41) is 9.61. The lowest BCUT2D eigenvalue weighted by Crippen LogP contribution is -2.50. The zero-order valence-corrected chi connectivity index (χ0v) is 36.2. The fourth-order valence-corrected chi connectivity index (χ4v) is 5.48. The Balaban J connectivity index is 4.46. The number of quaternary nitrogens is 1. The zero-order valence-electron chi connectivity index (χ0n) is 36.2. The number of likely N-dealkylation sites (N-methyl/N-ethyl adjacent to an activating group) is 1. The van der Waals surface area contributed by atoms with Crippen molar-refractivity contribution in [2.24, 2.45) is 0 Å². The van der Waals surface area contributed by atoms with Gasteiger partial charge in [-0.2, -0.15) is 0 Å². The first-order valence-electron chi connectivity index (χ1n) is 21.5. The molecular weight excluding hydrogens is 715 g/mol. The van der Waals surface area contributed by atoms with Crippen LogP contribution in [0, 0.1) is 0 Å². The second-order valence-corrected chi connectivity index (χ2v) is 14.9. The number of ether oxygens (including phenoxy) is 3. The minimum absolute atomic E-state index is 0.0285. The topological polar surface area (TPSA) is 99.1 Å². The van der Waals surface area contributed by atoms with Gasteiger partial charge in [0.2, 0.25) is 0 Å². The van der Waals surface area contributed by atoms with Gasteiger partial charge in [-0.05, 0) is 77.0 Å². The molecule has 0 aromatic rings. The van der Waals surface area contributed by atoms with Gasteiger partial charge >= 0.3 is 17.9 Å². The van der Waals surface area contributed by atoms with Crippen molar-refractivity contribution in [3.8, 4) is 0 Å². The highest BCUT2D eigenvalue weighted by Gasteiger charge is 2.31. The lowest BCUT2D eigenvalue weighted by molar-refractivity contribution is -0.887. The summed E-state index contributed by atoms with van der Waals surface area (Å²) in [6.45, 7) is 4.38. The van der Waals surface area contributed by atoms with E-state index in [1.165, 1.54) is 0 Å². The molecule has 0 saturated carbocycles. The number of unbranched alkanes of at least 4 members (excludes halogenated alkanes) is 7. The summed E-state index contributed by atoms with van der Waals surface area (Å²) in [6.07, 6.45) is 52.8. The van der Waals surface area contributed by atoms with Crippen LogP contribution >= 0.6 is 0 Å². The van der Waals surface area contributed by atoms with E-state index in [1.54, 1.807) is 0 Å². The Morgan fingerprint density at radius 3 is 1.58 bits per heavy atom. The third-order valence-electron chi connectivity index (χ3n) is 8.76. The predicted octanol–water partition coefficient (Wildman–Crippen LogP) is 11.7. The van der Waals surface area contributed by atoms with Crippen LogP contribution in [0.15, 0.2) is 109 Å². The first-order valence-corrected chi connectivity index (χ1v) is 21.5. The van der Waals surface area contributed by atoms with Crippen LogP contribution in [0.5, 0.6) is 0 Å². The summed E-state index contributed by atoms with van der Waals surface area (Å²) >= 11 is 0. The number of rotatable bonds is 36. The standard InChI is InChI=1S/C49H77NO7/c1-6-8-10-12-14-16-18-20-21-22-23-24-25-26-28-29-31-33-35-37-39-47(51)56-44-45(43-55-42-41-46(49(53)54)50(3,4)5)57-48(52)40-38-36-34-32-30-27-19-17-15-13-11-9-7-2/h8-11,13-17,19-21,23-24,26-28,30,45-46H,6-7,12,18,22,25,29,31-44H2,1-5H3/p+1/b10-8+,11-9+,15-13+,16-14+,19-17+,21-20+,24-23+,28-26+,30-27+. The summed E-state index contributed by atoms with van der Waals surface area (Å²) in [4.78, 5) is 36.9. The van der Waals surface area contributed by atoms with Crippen molar-refractivity contribution in [2.45, 2.75) is 142 Å². The number of nitrogens with zero attached hydrogens (tertiary/aromatic N) is 1. The second kappa shape index (κ2) is 38.8. The van der Waals surface area contributed by atoms with Crippen LogP contribution in [0.4, 0.5) is 0 Å². The molecule has 0 radical (unpaired) electrons. The quantitative estimate of drug-likeness (QED) is 0.0222. The first kappa shape index (κ1) is 53.0. The van der Waals surface area contributed by atoms with Crippen molar-refractivity contribution in [1.82, 2.24) is 0 Å². The molecule has 0 amide bonds. The van der Waals surface area contributed by atoms with Gasteiger partial charge in [-0.25, -0.2) is 4.79 Å². The van der Waals surface area contributed by atoms with E-state index in [0.29, 0.717) is 19.3 Å². The molecule has 0 aromatic carbocycles. The summed E-state index contributed by atoms with van der Waals surface area (Å²) in [7, 11) is 5.48. The molecule has 0 spiro atoms. The minimum atomic E-state index is -0.892. The molecule has 0 bridgehead atoms. The number of esters is 2. The van der Waals surface area contributed by atoms with E-state index in [4.69, 9.17) is 14.2 Å². The lowest BCUT2D eigenvalue weighted by atomic mass is 10.1. The Bertz CT molecular complexity index is 1290. The van der Waals surface area contributed by atoms with Crippen LogP contribution in [-0.4, -0.2) is 80.6 Å². The van der Waals surface area contributed by atoms with Crippen molar-refractivity contribution in [1.29, 1.82) is 0 Å². The molecule has 0 aliphatic rings. The summed E-state index contributed by atoms with van der Waals surface area (Å²) in [5.41, 5.74) is 0.